The van der Waals surface area contributed by atoms with Crippen LogP contribution in [0.25, 0.3) is 0 Å². The second-order valence-electron chi connectivity index (χ2n) is 3.98. The Morgan fingerprint density at radius 1 is 1.09 bits per heavy atom. The summed E-state index contributed by atoms with van der Waals surface area (Å²) in [5.41, 5.74) is 0. The van der Waals surface area contributed by atoms with Crippen LogP contribution in [0.1, 0.15) is 6.92 Å². The van der Waals surface area contributed by atoms with Gasteiger partial charge in [-0.2, -0.15) is 0 Å². The number of anilines is 1. The van der Waals surface area contributed by atoms with Gasteiger partial charge in [0.2, 0.25) is 5.88 Å². The van der Waals surface area contributed by atoms with E-state index in [2.05, 4.69) is 14.7 Å². The summed E-state index contributed by atoms with van der Waals surface area (Å²) >= 11 is 17.5. The Balaban J connectivity index is 2.36. The Kier molecular flexibility index (Phi) is 5.33. The topological polar surface area (TPSA) is 81.2 Å². The van der Waals surface area contributed by atoms with Gasteiger partial charge in [0.1, 0.15) is 17.0 Å². The summed E-state index contributed by atoms with van der Waals surface area (Å²) < 4.78 is 32.2. The highest BCUT2D eigenvalue weighted by molar-refractivity contribution is 7.92. The fraction of sp³-hybridized carbons (Fsp3) is 0.167. The van der Waals surface area contributed by atoms with Crippen molar-refractivity contribution in [1.29, 1.82) is 0 Å². The molecule has 10 heteroatoms. The molecule has 6 nitrogen and oxygen atoms in total. The molecule has 0 aliphatic rings. The van der Waals surface area contributed by atoms with Gasteiger partial charge in [-0.25, -0.2) is 18.4 Å². The Bertz CT molecular complexity index is 799. The third-order valence-corrected chi connectivity index (χ3v) is 4.98. The maximum atomic E-state index is 12.4. The SMILES string of the molecule is CCOc1cc(NS(=O)(=O)c2cc(Cl)c(Cl)cc2Cl)ncn1. The van der Waals surface area contributed by atoms with E-state index in [-0.39, 0.29) is 31.7 Å². The molecule has 0 amide bonds. The predicted molar refractivity (Wildman–Crippen MR) is 85.5 cm³/mol. The first-order chi connectivity index (χ1) is 10.3. The molecular weight excluding hydrogens is 373 g/mol. The Morgan fingerprint density at radius 2 is 1.77 bits per heavy atom. The van der Waals surface area contributed by atoms with E-state index < -0.39 is 10.0 Å². The van der Waals surface area contributed by atoms with Crippen LogP contribution in [0.3, 0.4) is 0 Å². The van der Waals surface area contributed by atoms with E-state index >= 15 is 0 Å². The number of halogens is 3. The predicted octanol–water partition coefficient (Wildman–Crippen LogP) is 3.64. The molecule has 0 saturated carbocycles. The van der Waals surface area contributed by atoms with Crippen LogP contribution >= 0.6 is 34.8 Å². The zero-order valence-electron chi connectivity index (χ0n) is 11.2. The van der Waals surface area contributed by atoms with E-state index in [1.54, 1.807) is 6.92 Å². The second kappa shape index (κ2) is 6.87. The molecule has 0 saturated heterocycles. The molecule has 0 atom stereocenters. The highest BCUT2D eigenvalue weighted by atomic mass is 35.5. The van der Waals surface area contributed by atoms with E-state index in [4.69, 9.17) is 39.5 Å². The van der Waals surface area contributed by atoms with E-state index in [9.17, 15) is 8.42 Å². The second-order valence-corrected chi connectivity index (χ2v) is 6.85. The third-order valence-electron chi connectivity index (χ3n) is 2.44. The number of benzene rings is 1. The molecule has 1 aromatic heterocycles. The van der Waals surface area contributed by atoms with Gasteiger partial charge in [0.15, 0.2) is 0 Å². The molecule has 118 valence electrons. The van der Waals surface area contributed by atoms with Gasteiger partial charge in [-0.1, -0.05) is 34.8 Å². The van der Waals surface area contributed by atoms with E-state index in [1.165, 1.54) is 24.5 Å². The van der Waals surface area contributed by atoms with E-state index in [1.807, 2.05) is 0 Å². The van der Waals surface area contributed by atoms with Crippen molar-refractivity contribution in [1.82, 2.24) is 9.97 Å². The van der Waals surface area contributed by atoms with Crippen molar-refractivity contribution in [2.24, 2.45) is 0 Å². The smallest absolute Gasteiger partial charge is 0.264 e. The van der Waals surface area contributed by atoms with Crippen molar-refractivity contribution in [3.05, 3.63) is 39.6 Å². The number of sulfonamides is 1. The first-order valence-corrected chi connectivity index (χ1v) is 8.57. The molecule has 2 aromatic rings. The van der Waals surface area contributed by atoms with Crippen molar-refractivity contribution in [2.45, 2.75) is 11.8 Å². The quantitative estimate of drug-likeness (QED) is 0.799. The van der Waals surface area contributed by atoms with Gasteiger partial charge < -0.3 is 4.74 Å². The number of rotatable bonds is 5. The molecule has 22 heavy (non-hydrogen) atoms. The lowest BCUT2D eigenvalue weighted by atomic mass is 10.4. The van der Waals surface area contributed by atoms with Gasteiger partial charge in [0.05, 0.1) is 21.7 Å². The monoisotopic (exact) mass is 381 g/mol. The largest absolute Gasteiger partial charge is 0.478 e. The fourth-order valence-corrected chi connectivity index (χ4v) is 3.53. The van der Waals surface area contributed by atoms with Crippen LogP contribution in [-0.2, 0) is 10.0 Å². The van der Waals surface area contributed by atoms with E-state index in [0.717, 1.165) is 0 Å². The maximum Gasteiger partial charge on any atom is 0.264 e. The highest BCUT2D eigenvalue weighted by Crippen LogP contribution is 2.32. The van der Waals surface area contributed by atoms with Crippen LogP contribution in [0.4, 0.5) is 5.82 Å². The number of aromatic nitrogens is 2. The van der Waals surface area contributed by atoms with Gasteiger partial charge in [-0.05, 0) is 19.1 Å². The molecule has 0 bridgehead atoms. The van der Waals surface area contributed by atoms with Gasteiger partial charge in [0, 0.05) is 6.07 Å². The summed E-state index contributed by atoms with van der Waals surface area (Å²) in [5.74, 6) is 0.288. The zero-order valence-corrected chi connectivity index (χ0v) is 14.3. The van der Waals surface area contributed by atoms with Gasteiger partial charge >= 0.3 is 0 Å². The van der Waals surface area contributed by atoms with Crippen LogP contribution in [0.5, 0.6) is 5.88 Å². The van der Waals surface area contributed by atoms with Gasteiger partial charge in [0.25, 0.3) is 10.0 Å². The minimum absolute atomic E-state index is 0.0422. The molecule has 1 heterocycles. The molecule has 2 rings (SSSR count). The number of nitrogens with zero attached hydrogens (tertiary/aromatic N) is 2. The van der Waals surface area contributed by atoms with Crippen LogP contribution in [-0.4, -0.2) is 25.0 Å². The lowest BCUT2D eigenvalue weighted by Crippen LogP contribution is -2.15. The molecular formula is C12H10Cl3N3O3S. The summed E-state index contributed by atoms with van der Waals surface area (Å²) in [6, 6.07) is 3.78. The molecule has 0 radical (unpaired) electrons. The number of ether oxygens (including phenoxy) is 1. The summed E-state index contributed by atoms with van der Waals surface area (Å²) in [4.78, 5) is 7.45. The molecule has 0 aliphatic heterocycles. The third kappa shape index (κ3) is 3.92. The number of hydrogen-bond acceptors (Lipinski definition) is 5. The summed E-state index contributed by atoms with van der Waals surface area (Å²) in [6.45, 7) is 2.17. The van der Waals surface area contributed by atoms with Crippen molar-refractivity contribution in [2.75, 3.05) is 11.3 Å². The van der Waals surface area contributed by atoms with Crippen LogP contribution in [0.2, 0.25) is 15.1 Å². The maximum absolute atomic E-state index is 12.4. The zero-order chi connectivity index (χ0) is 16.3. The van der Waals surface area contributed by atoms with Gasteiger partial charge in [-0.15, -0.1) is 0 Å². The number of nitrogens with one attached hydrogen (secondary N) is 1. The van der Waals surface area contributed by atoms with E-state index in [0.29, 0.717) is 6.61 Å². The summed E-state index contributed by atoms with van der Waals surface area (Å²) in [6.07, 6.45) is 1.18. The summed E-state index contributed by atoms with van der Waals surface area (Å²) in [7, 11) is -3.99. The molecule has 0 aliphatic carbocycles. The Morgan fingerprint density at radius 3 is 2.45 bits per heavy atom. The molecule has 0 fully saturated rings. The first-order valence-electron chi connectivity index (χ1n) is 5.95. The van der Waals surface area contributed by atoms with Crippen molar-refractivity contribution in [3.8, 4) is 5.88 Å². The Hall–Kier alpha value is -1.28. The molecule has 1 N–H and O–H groups in total. The average molecular weight is 383 g/mol. The van der Waals surface area contributed by atoms with Gasteiger partial charge in [-0.3, -0.25) is 4.72 Å². The minimum Gasteiger partial charge on any atom is -0.478 e. The summed E-state index contributed by atoms with van der Waals surface area (Å²) in [5, 5.41) is 0.177. The lowest BCUT2D eigenvalue weighted by molar-refractivity contribution is 0.326. The van der Waals surface area contributed by atoms with Crippen molar-refractivity contribution < 1.29 is 13.2 Å². The number of hydrogen-bond donors (Lipinski definition) is 1. The molecule has 1 aromatic carbocycles. The van der Waals surface area contributed by atoms with Crippen LogP contribution in [0.15, 0.2) is 29.4 Å². The van der Waals surface area contributed by atoms with Crippen molar-refractivity contribution in [3.63, 3.8) is 0 Å². The standard InChI is InChI=1S/C12H10Cl3N3O3S/c1-2-21-12-5-11(16-6-17-12)18-22(19,20)10-4-8(14)7(13)3-9(10)15/h3-6H,2H2,1H3,(H,16,17,18). The Labute approximate surface area is 142 Å². The van der Waals surface area contributed by atoms with Crippen molar-refractivity contribution >= 4 is 50.6 Å². The lowest BCUT2D eigenvalue weighted by Gasteiger charge is -2.10. The minimum atomic E-state index is -3.99. The average Bonchev–Trinajstić information content (AvgIpc) is 2.43. The normalized spacial score (nSPS) is 11.3. The van der Waals surface area contributed by atoms with Crippen LogP contribution in [0, 0.1) is 0 Å². The highest BCUT2D eigenvalue weighted by Gasteiger charge is 2.21. The van der Waals surface area contributed by atoms with Crippen LogP contribution < -0.4 is 9.46 Å². The fourth-order valence-electron chi connectivity index (χ4n) is 1.52. The molecule has 0 unspecified atom stereocenters. The molecule has 0 spiro atoms. The first kappa shape index (κ1) is 17.1.